The molecule has 0 heterocycles. The van der Waals surface area contributed by atoms with Crippen LogP contribution < -0.4 is 11.1 Å². The molecule has 0 unspecified atom stereocenters. The SMILES string of the molecule is N/C(=N/O)C1(NC(=O)c2ccc(O)c(Cl)c2)CCCC1. The maximum absolute atomic E-state index is 12.2. The van der Waals surface area contributed by atoms with Gasteiger partial charge < -0.3 is 21.4 Å². The van der Waals surface area contributed by atoms with Crippen LogP contribution >= 0.6 is 11.6 Å². The lowest BCUT2D eigenvalue weighted by Crippen LogP contribution is -2.55. The number of phenols is 1. The highest BCUT2D eigenvalue weighted by atomic mass is 35.5. The topological polar surface area (TPSA) is 108 Å². The third-order valence-electron chi connectivity index (χ3n) is 3.62. The van der Waals surface area contributed by atoms with Crippen LogP contribution in [0.5, 0.6) is 5.75 Å². The largest absolute Gasteiger partial charge is 0.506 e. The molecule has 5 N–H and O–H groups in total. The summed E-state index contributed by atoms with van der Waals surface area (Å²) in [7, 11) is 0. The Hall–Kier alpha value is -1.95. The number of amidine groups is 1. The second-order valence-corrected chi connectivity index (χ2v) is 5.30. The first-order valence-corrected chi connectivity index (χ1v) is 6.65. The molecule has 1 fully saturated rings. The number of oxime groups is 1. The average molecular weight is 298 g/mol. The van der Waals surface area contributed by atoms with E-state index in [0.717, 1.165) is 12.8 Å². The maximum atomic E-state index is 12.2. The van der Waals surface area contributed by atoms with Crippen LogP contribution in [0.3, 0.4) is 0 Å². The van der Waals surface area contributed by atoms with E-state index in [2.05, 4.69) is 10.5 Å². The number of phenolic OH excluding ortho intramolecular Hbond substituents is 1. The maximum Gasteiger partial charge on any atom is 0.252 e. The van der Waals surface area contributed by atoms with E-state index in [-0.39, 0.29) is 22.5 Å². The second-order valence-electron chi connectivity index (χ2n) is 4.89. The van der Waals surface area contributed by atoms with Crippen molar-refractivity contribution in [2.75, 3.05) is 0 Å². The van der Waals surface area contributed by atoms with Gasteiger partial charge in [-0.2, -0.15) is 0 Å². The van der Waals surface area contributed by atoms with Crippen LogP contribution in [0, 0.1) is 0 Å². The number of hydrogen-bond donors (Lipinski definition) is 4. The Kier molecular flexibility index (Phi) is 4.04. The molecule has 6 nitrogen and oxygen atoms in total. The van der Waals surface area contributed by atoms with E-state index < -0.39 is 5.54 Å². The number of hydrogen-bond acceptors (Lipinski definition) is 4. The van der Waals surface area contributed by atoms with Gasteiger partial charge in [-0.25, -0.2) is 0 Å². The zero-order valence-corrected chi connectivity index (χ0v) is 11.5. The lowest BCUT2D eigenvalue weighted by Gasteiger charge is -2.28. The van der Waals surface area contributed by atoms with Crippen LogP contribution in [0.1, 0.15) is 36.0 Å². The summed E-state index contributed by atoms with van der Waals surface area (Å²) in [6, 6.07) is 4.19. The zero-order chi connectivity index (χ0) is 14.8. The van der Waals surface area contributed by atoms with Crippen LogP contribution in [-0.4, -0.2) is 27.6 Å². The van der Waals surface area contributed by atoms with Crippen molar-refractivity contribution in [1.82, 2.24) is 5.32 Å². The lowest BCUT2D eigenvalue weighted by molar-refractivity contribution is 0.0922. The molecule has 1 aliphatic carbocycles. The van der Waals surface area contributed by atoms with Crippen molar-refractivity contribution < 1.29 is 15.1 Å². The number of nitrogens with zero attached hydrogens (tertiary/aromatic N) is 1. The van der Waals surface area contributed by atoms with E-state index in [0.29, 0.717) is 18.4 Å². The van der Waals surface area contributed by atoms with Crippen molar-refractivity contribution in [3.05, 3.63) is 28.8 Å². The Morgan fingerprint density at radius 2 is 2.05 bits per heavy atom. The summed E-state index contributed by atoms with van der Waals surface area (Å²) in [6.45, 7) is 0. The Morgan fingerprint density at radius 1 is 1.40 bits per heavy atom. The molecule has 0 saturated heterocycles. The van der Waals surface area contributed by atoms with Crippen molar-refractivity contribution in [2.45, 2.75) is 31.2 Å². The molecule has 1 aromatic rings. The van der Waals surface area contributed by atoms with Crippen molar-refractivity contribution in [1.29, 1.82) is 0 Å². The van der Waals surface area contributed by atoms with Gasteiger partial charge in [-0.3, -0.25) is 4.79 Å². The molecule has 1 aromatic carbocycles. The number of nitrogens with one attached hydrogen (secondary N) is 1. The summed E-state index contributed by atoms with van der Waals surface area (Å²) < 4.78 is 0. The molecule has 20 heavy (non-hydrogen) atoms. The number of halogens is 1. The number of rotatable bonds is 3. The smallest absolute Gasteiger partial charge is 0.252 e. The van der Waals surface area contributed by atoms with Gasteiger partial charge in [-0.05, 0) is 31.0 Å². The molecule has 0 radical (unpaired) electrons. The van der Waals surface area contributed by atoms with Crippen molar-refractivity contribution in [3.8, 4) is 5.75 Å². The van der Waals surface area contributed by atoms with E-state index >= 15 is 0 Å². The highest BCUT2D eigenvalue weighted by Gasteiger charge is 2.40. The fourth-order valence-electron chi connectivity index (χ4n) is 2.46. The number of carbonyl (C=O) groups excluding carboxylic acids is 1. The highest BCUT2D eigenvalue weighted by Crippen LogP contribution is 2.31. The summed E-state index contributed by atoms with van der Waals surface area (Å²) in [5, 5.41) is 24.2. The molecular formula is C13H16ClN3O3. The first-order valence-electron chi connectivity index (χ1n) is 6.27. The van der Waals surface area contributed by atoms with Crippen LogP contribution in [0.15, 0.2) is 23.4 Å². The summed E-state index contributed by atoms with van der Waals surface area (Å²) in [6.07, 6.45) is 3.04. The predicted octanol–water partition coefficient (Wildman–Crippen LogP) is 1.83. The minimum absolute atomic E-state index is 0.00762. The van der Waals surface area contributed by atoms with Crippen LogP contribution in [0.2, 0.25) is 5.02 Å². The van der Waals surface area contributed by atoms with Gasteiger partial charge in [0.1, 0.15) is 11.3 Å². The number of benzene rings is 1. The van der Waals surface area contributed by atoms with Crippen molar-refractivity contribution in [3.63, 3.8) is 0 Å². The fraction of sp³-hybridized carbons (Fsp3) is 0.385. The van der Waals surface area contributed by atoms with Crippen LogP contribution in [-0.2, 0) is 0 Å². The number of carbonyl (C=O) groups is 1. The highest BCUT2D eigenvalue weighted by molar-refractivity contribution is 6.32. The summed E-state index contributed by atoms with van der Waals surface area (Å²) in [4.78, 5) is 12.2. The minimum Gasteiger partial charge on any atom is -0.506 e. The Labute approximate surface area is 121 Å². The molecule has 108 valence electrons. The fourth-order valence-corrected chi connectivity index (χ4v) is 2.64. The zero-order valence-electron chi connectivity index (χ0n) is 10.8. The quantitative estimate of drug-likeness (QED) is 0.295. The van der Waals surface area contributed by atoms with E-state index in [1.807, 2.05) is 0 Å². The standard InChI is InChI=1S/C13H16ClN3O3/c14-9-7-8(3-4-10(9)18)11(19)16-13(12(15)17-20)5-1-2-6-13/h3-4,7,18,20H,1-2,5-6H2,(H2,15,17)(H,16,19). The summed E-state index contributed by atoms with van der Waals surface area (Å²) in [5.74, 6) is -0.455. The third-order valence-corrected chi connectivity index (χ3v) is 3.92. The Bertz CT molecular complexity index is 554. The Morgan fingerprint density at radius 3 is 2.60 bits per heavy atom. The van der Waals surface area contributed by atoms with Gasteiger partial charge in [0.05, 0.1) is 5.02 Å². The van der Waals surface area contributed by atoms with Gasteiger partial charge in [0, 0.05) is 5.56 Å². The molecule has 7 heteroatoms. The molecule has 0 aromatic heterocycles. The van der Waals surface area contributed by atoms with E-state index in [9.17, 15) is 9.90 Å². The number of nitrogens with two attached hydrogens (primary N) is 1. The monoisotopic (exact) mass is 297 g/mol. The molecule has 0 aliphatic heterocycles. The van der Waals surface area contributed by atoms with Gasteiger partial charge >= 0.3 is 0 Å². The van der Waals surface area contributed by atoms with Crippen LogP contribution in [0.25, 0.3) is 0 Å². The molecule has 0 spiro atoms. The molecule has 1 saturated carbocycles. The molecule has 0 bridgehead atoms. The van der Waals surface area contributed by atoms with Crippen LogP contribution in [0.4, 0.5) is 0 Å². The molecule has 1 aliphatic rings. The first kappa shape index (κ1) is 14.5. The average Bonchev–Trinajstić information content (AvgIpc) is 2.90. The normalized spacial score (nSPS) is 17.9. The summed E-state index contributed by atoms with van der Waals surface area (Å²) >= 11 is 5.78. The van der Waals surface area contributed by atoms with E-state index in [1.54, 1.807) is 0 Å². The van der Waals surface area contributed by atoms with Gasteiger partial charge in [0.15, 0.2) is 5.84 Å². The minimum atomic E-state index is -0.809. The molecule has 1 amide bonds. The van der Waals surface area contributed by atoms with Gasteiger partial charge in [0.25, 0.3) is 5.91 Å². The summed E-state index contributed by atoms with van der Waals surface area (Å²) in [5.41, 5.74) is 5.21. The second kappa shape index (κ2) is 5.58. The Balaban J connectivity index is 2.23. The predicted molar refractivity (Wildman–Crippen MR) is 75.2 cm³/mol. The molecule has 2 rings (SSSR count). The molecular weight excluding hydrogens is 282 g/mol. The van der Waals surface area contributed by atoms with E-state index in [1.165, 1.54) is 18.2 Å². The van der Waals surface area contributed by atoms with Crippen molar-refractivity contribution in [2.24, 2.45) is 10.9 Å². The van der Waals surface area contributed by atoms with Gasteiger partial charge in [-0.1, -0.05) is 29.6 Å². The molecule has 0 atom stereocenters. The van der Waals surface area contributed by atoms with Gasteiger partial charge in [-0.15, -0.1) is 0 Å². The van der Waals surface area contributed by atoms with Gasteiger partial charge in [0.2, 0.25) is 0 Å². The van der Waals surface area contributed by atoms with Crippen molar-refractivity contribution >= 4 is 23.3 Å². The lowest BCUT2D eigenvalue weighted by atomic mass is 9.95. The number of aromatic hydroxyl groups is 1. The third kappa shape index (κ3) is 2.65. The number of amides is 1. The van der Waals surface area contributed by atoms with E-state index in [4.69, 9.17) is 22.5 Å². The first-order chi connectivity index (χ1) is 9.48.